The van der Waals surface area contributed by atoms with E-state index in [4.69, 9.17) is 0 Å². The molecule has 4 nitrogen and oxygen atoms in total. The first-order valence-electron chi connectivity index (χ1n) is 7.99. The fourth-order valence-corrected chi connectivity index (χ4v) is 3.78. The van der Waals surface area contributed by atoms with Crippen molar-refractivity contribution in [2.24, 2.45) is 0 Å². The summed E-state index contributed by atoms with van der Waals surface area (Å²) in [6.07, 6.45) is 6.40. The van der Waals surface area contributed by atoms with Crippen molar-refractivity contribution in [3.63, 3.8) is 0 Å². The molecular weight excluding hydrogens is 316 g/mol. The van der Waals surface area contributed by atoms with Crippen molar-refractivity contribution in [3.05, 3.63) is 73.1 Å². The lowest BCUT2D eigenvalue weighted by Gasteiger charge is -2.15. The highest BCUT2D eigenvalue weighted by atomic mass is 32.2. The van der Waals surface area contributed by atoms with E-state index < -0.39 is 0 Å². The van der Waals surface area contributed by atoms with Gasteiger partial charge in [0.15, 0.2) is 11.0 Å². The maximum atomic E-state index is 4.43. The van der Waals surface area contributed by atoms with Crippen molar-refractivity contribution >= 4 is 11.8 Å². The molecule has 1 unspecified atom stereocenters. The third-order valence-corrected chi connectivity index (χ3v) is 5.03. The summed E-state index contributed by atoms with van der Waals surface area (Å²) in [6.45, 7) is 6.84. The van der Waals surface area contributed by atoms with E-state index in [9.17, 15) is 0 Å². The van der Waals surface area contributed by atoms with Gasteiger partial charge >= 0.3 is 0 Å². The number of rotatable bonds is 7. The number of nitrogens with zero attached hydrogens (tertiary/aromatic N) is 4. The first-order valence-corrected chi connectivity index (χ1v) is 8.87. The summed E-state index contributed by atoms with van der Waals surface area (Å²) < 4.78 is 2.15. The molecule has 0 aliphatic carbocycles. The number of allylic oxidation sites excluding steroid dienone is 1. The second kappa shape index (κ2) is 7.93. The minimum atomic E-state index is 0.281. The maximum absolute atomic E-state index is 4.43. The highest BCUT2D eigenvalue weighted by Crippen LogP contribution is 2.38. The zero-order chi connectivity index (χ0) is 16.8. The quantitative estimate of drug-likeness (QED) is 0.460. The molecule has 1 aromatic carbocycles. The molecule has 0 aliphatic rings. The summed E-state index contributed by atoms with van der Waals surface area (Å²) in [6, 6.07) is 14.4. The Morgan fingerprint density at radius 3 is 2.54 bits per heavy atom. The smallest absolute Gasteiger partial charge is 0.192 e. The maximum Gasteiger partial charge on any atom is 0.192 e. The molecule has 0 radical (unpaired) electrons. The molecule has 0 saturated heterocycles. The van der Waals surface area contributed by atoms with Gasteiger partial charge in [0, 0.05) is 29.8 Å². The Kier molecular flexibility index (Phi) is 5.43. The summed E-state index contributed by atoms with van der Waals surface area (Å²) in [5.41, 5.74) is 2.31. The van der Waals surface area contributed by atoms with Crippen molar-refractivity contribution in [3.8, 4) is 11.4 Å². The molecule has 1 atom stereocenters. The standard InChI is InChI=1S/C19H20N4S/c1-3-8-17(15-9-6-5-7-10-15)24-19-22-21-18(23(19)4-2)16-11-13-20-14-12-16/h3,5-7,9-14,17H,1,4,8H2,2H3. The van der Waals surface area contributed by atoms with Gasteiger partial charge in [-0.05, 0) is 31.0 Å². The fraction of sp³-hybridized carbons (Fsp3) is 0.211. The minimum absolute atomic E-state index is 0.281. The van der Waals surface area contributed by atoms with Crippen LogP contribution in [0.3, 0.4) is 0 Å². The van der Waals surface area contributed by atoms with Gasteiger partial charge in [-0.2, -0.15) is 0 Å². The molecule has 0 aliphatic heterocycles. The van der Waals surface area contributed by atoms with Crippen LogP contribution in [-0.4, -0.2) is 19.7 Å². The molecule has 0 saturated carbocycles. The summed E-state index contributed by atoms with van der Waals surface area (Å²) in [4.78, 5) is 4.07. The zero-order valence-electron chi connectivity index (χ0n) is 13.7. The summed E-state index contributed by atoms with van der Waals surface area (Å²) in [5.74, 6) is 0.882. The Balaban J connectivity index is 1.91. The van der Waals surface area contributed by atoms with Gasteiger partial charge in [0.25, 0.3) is 0 Å². The number of pyridine rings is 1. The van der Waals surface area contributed by atoms with E-state index in [2.05, 4.69) is 57.5 Å². The highest BCUT2D eigenvalue weighted by Gasteiger charge is 2.18. The molecule has 0 N–H and O–H groups in total. The minimum Gasteiger partial charge on any atom is -0.302 e. The Morgan fingerprint density at radius 1 is 1.12 bits per heavy atom. The lowest BCUT2D eigenvalue weighted by Crippen LogP contribution is -2.02. The van der Waals surface area contributed by atoms with Gasteiger partial charge in [-0.1, -0.05) is 48.2 Å². The van der Waals surface area contributed by atoms with Crippen LogP contribution in [0.5, 0.6) is 0 Å². The first-order chi connectivity index (χ1) is 11.8. The van der Waals surface area contributed by atoms with Crippen LogP contribution in [0, 0.1) is 0 Å². The average molecular weight is 336 g/mol. The second-order valence-electron chi connectivity index (χ2n) is 5.33. The van der Waals surface area contributed by atoms with E-state index in [-0.39, 0.29) is 5.25 Å². The van der Waals surface area contributed by atoms with Crippen LogP contribution in [-0.2, 0) is 6.54 Å². The van der Waals surface area contributed by atoms with E-state index >= 15 is 0 Å². The first kappa shape index (κ1) is 16.5. The summed E-state index contributed by atoms with van der Waals surface area (Å²) in [7, 11) is 0. The Hall–Kier alpha value is -2.40. The molecule has 3 aromatic rings. The number of hydrogen-bond donors (Lipinski definition) is 0. The zero-order valence-corrected chi connectivity index (χ0v) is 14.5. The van der Waals surface area contributed by atoms with Crippen LogP contribution in [0.25, 0.3) is 11.4 Å². The van der Waals surface area contributed by atoms with Gasteiger partial charge in [-0.15, -0.1) is 16.8 Å². The fourth-order valence-electron chi connectivity index (χ4n) is 2.57. The van der Waals surface area contributed by atoms with Gasteiger partial charge in [-0.25, -0.2) is 0 Å². The molecule has 0 amide bonds. The Bertz CT molecular complexity index is 784. The molecule has 3 rings (SSSR count). The molecule has 24 heavy (non-hydrogen) atoms. The van der Waals surface area contributed by atoms with Crippen molar-refractivity contribution in [1.82, 2.24) is 19.7 Å². The molecule has 2 aromatic heterocycles. The van der Waals surface area contributed by atoms with Crippen LogP contribution in [0.4, 0.5) is 0 Å². The predicted molar refractivity (Wildman–Crippen MR) is 98.8 cm³/mol. The lowest BCUT2D eigenvalue weighted by atomic mass is 10.1. The summed E-state index contributed by atoms with van der Waals surface area (Å²) >= 11 is 1.74. The van der Waals surface area contributed by atoms with Crippen LogP contribution >= 0.6 is 11.8 Å². The van der Waals surface area contributed by atoms with Crippen LogP contribution in [0.2, 0.25) is 0 Å². The second-order valence-corrected chi connectivity index (χ2v) is 6.50. The Labute approximate surface area is 146 Å². The van der Waals surface area contributed by atoms with Gasteiger partial charge in [0.1, 0.15) is 0 Å². The van der Waals surface area contributed by atoms with Crippen molar-refractivity contribution in [2.45, 2.75) is 30.3 Å². The third kappa shape index (κ3) is 3.57. The molecule has 0 bridgehead atoms. The molecule has 122 valence electrons. The van der Waals surface area contributed by atoms with Crippen LogP contribution in [0.1, 0.15) is 24.2 Å². The van der Waals surface area contributed by atoms with Crippen LogP contribution < -0.4 is 0 Å². The summed E-state index contributed by atoms with van der Waals surface area (Å²) in [5, 5.41) is 10.0. The van der Waals surface area contributed by atoms with Crippen LogP contribution in [0.15, 0.2) is 72.7 Å². The van der Waals surface area contributed by atoms with E-state index in [0.717, 1.165) is 29.5 Å². The molecule has 0 fully saturated rings. The van der Waals surface area contributed by atoms with Gasteiger partial charge in [0.2, 0.25) is 0 Å². The third-order valence-electron chi connectivity index (χ3n) is 3.77. The van der Waals surface area contributed by atoms with E-state index in [1.54, 1.807) is 24.2 Å². The van der Waals surface area contributed by atoms with Gasteiger partial charge < -0.3 is 4.57 Å². The van der Waals surface area contributed by atoms with E-state index in [1.165, 1.54) is 5.56 Å². The van der Waals surface area contributed by atoms with Crippen molar-refractivity contribution in [2.75, 3.05) is 0 Å². The largest absolute Gasteiger partial charge is 0.302 e. The molecular formula is C19H20N4S. The monoisotopic (exact) mass is 336 g/mol. The normalized spacial score (nSPS) is 12.0. The average Bonchev–Trinajstić information content (AvgIpc) is 3.05. The molecule has 2 heterocycles. The topological polar surface area (TPSA) is 43.6 Å². The number of thioether (sulfide) groups is 1. The number of hydrogen-bond acceptors (Lipinski definition) is 4. The van der Waals surface area contributed by atoms with E-state index in [0.29, 0.717) is 0 Å². The Morgan fingerprint density at radius 2 is 1.88 bits per heavy atom. The number of aromatic nitrogens is 4. The predicted octanol–water partition coefficient (Wildman–Crippen LogP) is 4.77. The van der Waals surface area contributed by atoms with Crippen molar-refractivity contribution < 1.29 is 0 Å². The van der Waals surface area contributed by atoms with Gasteiger partial charge in [0.05, 0.1) is 0 Å². The van der Waals surface area contributed by atoms with Crippen molar-refractivity contribution in [1.29, 1.82) is 0 Å². The van der Waals surface area contributed by atoms with E-state index in [1.807, 2.05) is 24.3 Å². The highest BCUT2D eigenvalue weighted by molar-refractivity contribution is 7.99. The number of benzene rings is 1. The lowest BCUT2D eigenvalue weighted by molar-refractivity contribution is 0.684. The SMILES string of the molecule is C=CCC(Sc1nnc(-c2ccncc2)n1CC)c1ccccc1. The molecule has 0 spiro atoms. The van der Waals surface area contributed by atoms with Gasteiger partial charge in [-0.3, -0.25) is 4.98 Å². The molecule has 5 heteroatoms.